The summed E-state index contributed by atoms with van der Waals surface area (Å²) in [4.78, 5) is 15.1. The van der Waals surface area contributed by atoms with E-state index in [2.05, 4.69) is 26.4 Å². The minimum Gasteiger partial charge on any atom is -0.396 e. The molecule has 0 aliphatic rings. The van der Waals surface area contributed by atoms with Crippen molar-refractivity contribution in [2.75, 3.05) is 25.6 Å². The van der Waals surface area contributed by atoms with Crippen LogP contribution in [-0.4, -0.2) is 45.3 Å². The summed E-state index contributed by atoms with van der Waals surface area (Å²) in [5, 5.41) is 9.33. The van der Waals surface area contributed by atoms with Gasteiger partial charge in [-0.05, 0) is 12.8 Å². The molecule has 0 aliphatic heterocycles. The first-order valence-electron chi connectivity index (χ1n) is 7.64. The van der Waals surface area contributed by atoms with Crippen molar-refractivity contribution >= 4 is 17.0 Å². The second kappa shape index (κ2) is 7.36. The summed E-state index contributed by atoms with van der Waals surface area (Å²) in [5.41, 5.74) is 1.67. The first kappa shape index (κ1) is 15.7. The van der Waals surface area contributed by atoms with Gasteiger partial charge in [0.05, 0.1) is 6.33 Å². The number of aliphatic hydroxyl groups is 1. The van der Waals surface area contributed by atoms with Gasteiger partial charge < -0.3 is 14.6 Å². The van der Waals surface area contributed by atoms with E-state index in [9.17, 15) is 5.11 Å². The standard InChI is InChI=1S/C15H25N5O/c1-4-5-6-7-12(8-9-21)20-11-18-13-14(19(2)3)16-10-17-15(13)20/h10-12,21H,4-9H2,1-3H3. The van der Waals surface area contributed by atoms with E-state index in [1.165, 1.54) is 12.8 Å². The molecule has 1 N–H and O–H groups in total. The third-order valence-electron chi connectivity index (χ3n) is 3.76. The third kappa shape index (κ3) is 3.50. The highest BCUT2D eigenvalue weighted by Gasteiger charge is 2.17. The smallest absolute Gasteiger partial charge is 0.165 e. The normalized spacial score (nSPS) is 12.8. The lowest BCUT2D eigenvalue weighted by atomic mass is 10.1. The predicted molar refractivity (Wildman–Crippen MR) is 84.5 cm³/mol. The van der Waals surface area contributed by atoms with E-state index >= 15 is 0 Å². The van der Waals surface area contributed by atoms with Crippen molar-refractivity contribution in [2.45, 2.75) is 45.1 Å². The number of imidazole rings is 1. The lowest BCUT2D eigenvalue weighted by molar-refractivity contribution is 0.251. The number of unbranched alkanes of at least 4 members (excludes halogenated alkanes) is 2. The number of hydrogen-bond donors (Lipinski definition) is 1. The summed E-state index contributed by atoms with van der Waals surface area (Å²) in [7, 11) is 3.90. The maximum atomic E-state index is 9.33. The summed E-state index contributed by atoms with van der Waals surface area (Å²) in [5.74, 6) is 0.829. The van der Waals surface area contributed by atoms with E-state index in [1.54, 1.807) is 6.33 Å². The van der Waals surface area contributed by atoms with Gasteiger partial charge in [-0.25, -0.2) is 15.0 Å². The van der Waals surface area contributed by atoms with E-state index in [-0.39, 0.29) is 12.6 Å². The van der Waals surface area contributed by atoms with Crippen LogP contribution in [0.3, 0.4) is 0 Å². The zero-order chi connectivity index (χ0) is 15.2. The van der Waals surface area contributed by atoms with Crippen LogP contribution in [0.2, 0.25) is 0 Å². The molecule has 0 bridgehead atoms. The molecule has 21 heavy (non-hydrogen) atoms. The van der Waals surface area contributed by atoms with Crippen molar-refractivity contribution in [3.05, 3.63) is 12.7 Å². The molecule has 1 unspecified atom stereocenters. The molecular weight excluding hydrogens is 266 g/mol. The zero-order valence-electron chi connectivity index (χ0n) is 13.2. The summed E-state index contributed by atoms with van der Waals surface area (Å²) in [6, 6.07) is 0.247. The Morgan fingerprint density at radius 1 is 1.19 bits per heavy atom. The van der Waals surface area contributed by atoms with Gasteiger partial charge >= 0.3 is 0 Å². The minimum absolute atomic E-state index is 0.183. The largest absolute Gasteiger partial charge is 0.396 e. The monoisotopic (exact) mass is 291 g/mol. The number of aliphatic hydroxyl groups excluding tert-OH is 1. The van der Waals surface area contributed by atoms with Gasteiger partial charge in [0.2, 0.25) is 0 Å². The van der Waals surface area contributed by atoms with Gasteiger partial charge in [0.25, 0.3) is 0 Å². The van der Waals surface area contributed by atoms with Crippen molar-refractivity contribution in [3.63, 3.8) is 0 Å². The van der Waals surface area contributed by atoms with E-state index < -0.39 is 0 Å². The van der Waals surface area contributed by atoms with Gasteiger partial charge in [0.1, 0.15) is 6.33 Å². The molecule has 0 fully saturated rings. The number of rotatable bonds is 8. The Balaban J connectivity index is 2.32. The van der Waals surface area contributed by atoms with Crippen LogP contribution in [-0.2, 0) is 0 Å². The molecule has 0 aromatic carbocycles. The highest BCUT2D eigenvalue weighted by atomic mass is 16.3. The fraction of sp³-hybridized carbons (Fsp3) is 0.667. The van der Waals surface area contributed by atoms with Crippen LogP contribution in [0.4, 0.5) is 5.82 Å². The summed E-state index contributed by atoms with van der Waals surface area (Å²) < 4.78 is 2.09. The average molecular weight is 291 g/mol. The molecular formula is C15H25N5O. The molecule has 0 radical (unpaired) electrons. The Labute approximate surface area is 125 Å². The summed E-state index contributed by atoms with van der Waals surface area (Å²) >= 11 is 0. The van der Waals surface area contributed by atoms with Crippen LogP contribution < -0.4 is 4.90 Å². The first-order valence-corrected chi connectivity index (χ1v) is 7.64. The number of anilines is 1. The van der Waals surface area contributed by atoms with Crippen LogP contribution in [0.5, 0.6) is 0 Å². The van der Waals surface area contributed by atoms with Gasteiger partial charge in [-0.1, -0.05) is 26.2 Å². The number of hydrogen-bond acceptors (Lipinski definition) is 5. The summed E-state index contributed by atoms with van der Waals surface area (Å²) in [6.45, 7) is 2.38. The first-order chi connectivity index (χ1) is 10.2. The molecule has 0 spiro atoms. The number of nitrogens with zero attached hydrogens (tertiary/aromatic N) is 5. The van der Waals surface area contributed by atoms with E-state index in [4.69, 9.17) is 0 Å². The number of fused-ring (bicyclic) bond motifs is 1. The molecule has 2 heterocycles. The SMILES string of the molecule is CCCCCC(CCO)n1cnc2c(N(C)C)ncnc21. The maximum absolute atomic E-state index is 9.33. The highest BCUT2D eigenvalue weighted by molar-refractivity contribution is 5.83. The average Bonchev–Trinajstić information content (AvgIpc) is 2.90. The van der Waals surface area contributed by atoms with E-state index in [1.807, 2.05) is 25.3 Å². The molecule has 2 rings (SSSR count). The fourth-order valence-electron chi connectivity index (χ4n) is 2.64. The molecule has 0 aliphatic carbocycles. The van der Waals surface area contributed by atoms with Gasteiger partial charge in [-0.15, -0.1) is 0 Å². The van der Waals surface area contributed by atoms with Crippen LogP contribution in [0.25, 0.3) is 11.2 Å². The van der Waals surface area contributed by atoms with Crippen LogP contribution >= 0.6 is 0 Å². The Bertz CT molecular complexity index is 566. The molecule has 0 saturated heterocycles. The van der Waals surface area contributed by atoms with Crippen LogP contribution in [0.15, 0.2) is 12.7 Å². The number of aromatic nitrogens is 4. The second-order valence-electron chi connectivity index (χ2n) is 5.58. The lowest BCUT2D eigenvalue weighted by Gasteiger charge is -2.18. The summed E-state index contributed by atoms with van der Waals surface area (Å²) in [6.07, 6.45) is 8.76. The molecule has 1 atom stereocenters. The van der Waals surface area contributed by atoms with Crippen molar-refractivity contribution in [2.24, 2.45) is 0 Å². The Hall–Kier alpha value is -1.69. The van der Waals surface area contributed by atoms with Crippen molar-refractivity contribution in [1.82, 2.24) is 19.5 Å². The Kier molecular flexibility index (Phi) is 5.50. The van der Waals surface area contributed by atoms with E-state index in [0.717, 1.165) is 36.2 Å². The van der Waals surface area contributed by atoms with E-state index in [0.29, 0.717) is 0 Å². The fourth-order valence-corrected chi connectivity index (χ4v) is 2.64. The molecule has 0 saturated carbocycles. The minimum atomic E-state index is 0.183. The quantitative estimate of drug-likeness (QED) is 0.756. The Morgan fingerprint density at radius 2 is 2.00 bits per heavy atom. The second-order valence-corrected chi connectivity index (χ2v) is 5.58. The molecule has 2 aromatic rings. The van der Waals surface area contributed by atoms with Crippen molar-refractivity contribution in [3.8, 4) is 0 Å². The predicted octanol–water partition coefficient (Wildman–Crippen LogP) is 2.40. The zero-order valence-corrected chi connectivity index (χ0v) is 13.2. The lowest BCUT2D eigenvalue weighted by Crippen LogP contribution is -2.13. The van der Waals surface area contributed by atoms with Gasteiger partial charge in [-0.2, -0.15) is 0 Å². The molecule has 116 valence electrons. The maximum Gasteiger partial charge on any atom is 0.165 e. The van der Waals surface area contributed by atoms with Crippen molar-refractivity contribution < 1.29 is 5.11 Å². The Morgan fingerprint density at radius 3 is 2.67 bits per heavy atom. The highest BCUT2D eigenvalue weighted by Crippen LogP contribution is 2.26. The van der Waals surface area contributed by atoms with Gasteiger partial charge in [-0.3, -0.25) is 0 Å². The third-order valence-corrected chi connectivity index (χ3v) is 3.76. The van der Waals surface area contributed by atoms with Gasteiger partial charge in [0, 0.05) is 26.7 Å². The molecule has 6 heteroatoms. The van der Waals surface area contributed by atoms with Crippen LogP contribution in [0, 0.1) is 0 Å². The topological polar surface area (TPSA) is 67.1 Å². The van der Waals surface area contributed by atoms with Crippen LogP contribution in [0.1, 0.15) is 45.1 Å². The van der Waals surface area contributed by atoms with Gasteiger partial charge in [0.15, 0.2) is 17.0 Å². The van der Waals surface area contributed by atoms with Crippen molar-refractivity contribution in [1.29, 1.82) is 0 Å². The molecule has 0 amide bonds. The molecule has 6 nitrogen and oxygen atoms in total. The molecule has 2 aromatic heterocycles.